The minimum atomic E-state index is -0.579. The molecule has 0 aliphatic carbocycles. The Hall–Kier alpha value is -2.32. The van der Waals surface area contributed by atoms with Crippen molar-refractivity contribution in [2.75, 3.05) is 37.8 Å². The molecule has 26 heavy (non-hydrogen) atoms. The SMILES string of the molecule is O=C(NC1CCOCC1)C1CN(c2ncnc3ccc(F)cc23)CCO1. The monoisotopic (exact) mass is 360 g/mol. The highest BCUT2D eigenvalue weighted by Gasteiger charge is 2.30. The van der Waals surface area contributed by atoms with Crippen LogP contribution in [0.1, 0.15) is 12.8 Å². The predicted octanol–water partition coefficient (Wildman–Crippen LogP) is 1.27. The van der Waals surface area contributed by atoms with Crippen LogP contribution in [-0.4, -0.2) is 60.9 Å². The largest absolute Gasteiger partial charge is 0.381 e. The lowest BCUT2D eigenvalue weighted by Crippen LogP contribution is -2.52. The molecule has 1 aromatic heterocycles. The molecule has 7 nitrogen and oxygen atoms in total. The number of nitrogens with one attached hydrogen (secondary N) is 1. The van der Waals surface area contributed by atoms with Gasteiger partial charge in [0.1, 0.15) is 18.0 Å². The van der Waals surface area contributed by atoms with Crippen LogP contribution < -0.4 is 10.2 Å². The summed E-state index contributed by atoms with van der Waals surface area (Å²) in [4.78, 5) is 23.0. The second-order valence-corrected chi connectivity index (χ2v) is 6.56. The van der Waals surface area contributed by atoms with Crippen LogP contribution in [0.2, 0.25) is 0 Å². The molecule has 4 rings (SSSR count). The van der Waals surface area contributed by atoms with Gasteiger partial charge >= 0.3 is 0 Å². The van der Waals surface area contributed by atoms with Gasteiger partial charge in [-0.2, -0.15) is 0 Å². The third-order valence-corrected chi connectivity index (χ3v) is 4.80. The average Bonchev–Trinajstić information content (AvgIpc) is 2.68. The summed E-state index contributed by atoms with van der Waals surface area (Å²) in [5.41, 5.74) is 0.672. The minimum Gasteiger partial charge on any atom is -0.381 e. The smallest absolute Gasteiger partial charge is 0.251 e. The Morgan fingerprint density at radius 3 is 2.92 bits per heavy atom. The molecule has 0 bridgehead atoms. The number of ether oxygens (including phenoxy) is 2. The Balaban J connectivity index is 1.50. The Kier molecular flexibility index (Phi) is 4.94. The molecular formula is C18H21FN4O3. The fourth-order valence-electron chi connectivity index (χ4n) is 3.40. The Morgan fingerprint density at radius 1 is 1.23 bits per heavy atom. The summed E-state index contributed by atoms with van der Waals surface area (Å²) in [7, 11) is 0. The van der Waals surface area contributed by atoms with Gasteiger partial charge in [0.2, 0.25) is 0 Å². The maximum Gasteiger partial charge on any atom is 0.251 e. The molecule has 0 spiro atoms. The second-order valence-electron chi connectivity index (χ2n) is 6.56. The second kappa shape index (κ2) is 7.51. The predicted molar refractivity (Wildman–Crippen MR) is 93.4 cm³/mol. The van der Waals surface area contributed by atoms with E-state index in [9.17, 15) is 9.18 Å². The standard InChI is InChI=1S/C18H21FN4O3/c19-12-1-2-15-14(9-12)17(21-11-20-15)23-5-8-26-16(10-23)18(24)22-13-3-6-25-7-4-13/h1-2,9,11,13,16H,3-8,10H2,(H,22,24). The van der Waals surface area contributed by atoms with Crippen molar-refractivity contribution in [2.45, 2.75) is 25.0 Å². The zero-order chi connectivity index (χ0) is 17.9. The first-order chi connectivity index (χ1) is 12.7. The summed E-state index contributed by atoms with van der Waals surface area (Å²) < 4.78 is 24.7. The lowest BCUT2D eigenvalue weighted by Gasteiger charge is -2.34. The molecular weight excluding hydrogens is 339 g/mol. The van der Waals surface area contributed by atoms with Gasteiger partial charge < -0.3 is 19.7 Å². The van der Waals surface area contributed by atoms with Crippen molar-refractivity contribution >= 4 is 22.6 Å². The first-order valence-corrected chi connectivity index (χ1v) is 8.85. The number of nitrogens with zero attached hydrogens (tertiary/aromatic N) is 3. The van der Waals surface area contributed by atoms with E-state index >= 15 is 0 Å². The molecule has 1 atom stereocenters. The van der Waals surface area contributed by atoms with E-state index in [1.54, 1.807) is 6.07 Å². The molecule has 8 heteroatoms. The van der Waals surface area contributed by atoms with Crippen LogP contribution in [-0.2, 0) is 14.3 Å². The van der Waals surface area contributed by atoms with Crippen molar-refractivity contribution in [3.8, 4) is 0 Å². The highest BCUT2D eigenvalue weighted by Crippen LogP contribution is 2.25. The quantitative estimate of drug-likeness (QED) is 0.888. The van der Waals surface area contributed by atoms with Crippen molar-refractivity contribution in [2.24, 2.45) is 0 Å². The molecule has 138 valence electrons. The lowest BCUT2D eigenvalue weighted by atomic mass is 10.1. The number of hydrogen-bond acceptors (Lipinski definition) is 6. The van der Waals surface area contributed by atoms with E-state index in [0.717, 1.165) is 12.8 Å². The van der Waals surface area contributed by atoms with Crippen molar-refractivity contribution in [1.82, 2.24) is 15.3 Å². The average molecular weight is 360 g/mol. The molecule has 0 saturated carbocycles. The molecule has 2 aromatic rings. The van der Waals surface area contributed by atoms with Crippen LogP contribution >= 0.6 is 0 Å². The number of fused-ring (bicyclic) bond motifs is 1. The molecule has 1 amide bonds. The van der Waals surface area contributed by atoms with Gasteiger partial charge in [0.05, 0.1) is 18.7 Å². The Morgan fingerprint density at radius 2 is 2.08 bits per heavy atom. The molecule has 2 aliphatic rings. The summed E-state index contributed by atoms with van der Waals surface area (Å²) in [6.45, 7) is 2.70. The maximum atomic E-state index is 13.7. The summed E-state index contributed by atoms with van der Waals surface area (Å²) in [6.07, 6.45) is 2.52. The molecule has 1 unspecified atom stereocenters. The first kappa shape index (κ1) is 17.1. The molecule has 0 radical (unpaired) electrons. The van der Waals surface area contributed by atoms with Crippen LogP contribution in [0.15, 0.2) is 24.5 Å². The van der Waals surface area contributed by atoms with Crippen LogP contribution in [0.3, 0.4) is 0 Å². The van der Waals surface area contributed by atoms with Crippen LogP contribution in [0.4, 0.5) is 10.2 Å². The van der Waals surface area contributed by atoms with E-state index < -0.39 is 6.10 Å². The number of rotatable bonds is 3. The zero-order valence-corrected chi connectivity index (χ0v) is 14.4. The first-order valence-electron chi connectivity index (χ1n) is 8.85. The number of amides is 1. The van der Waals surface area contributed by atoms with E-state index in [4.69, 9.17) is 9.47 Å². The molecule has 2 fully saturated rings. The minimum absolute atomic E-state index is 0.119. The fraction of sp³-hybridized carbons (Fsp3) is 0.500. The molecule has 2 saturated heterocycles. The molecule has 2 aliphatic heterocycles. The topological polar surface area (TPSA) is 76.6 Å². The normalized spacial score (nSPS) is 21.7. The Bertz CT molecular complexity index is 797. The summed E-state index contributed by atoms with van der Waals surface area (Å²) in [6, 6.07) is 4.56. The maximum absolute atomic E-state index is 13.7. The Labute approximate surface area is 150 Å². The van der Waals surface area contributed by atoms with Gasteiger partial charge in [0, 0.05) is 31.2 Å². The van der Waals surface area contributed by atoms with Crippen molar-refractivity contribution < 1.29 is 18.7 Å². The van der Waals surface area contributed by atoms with Crippen molar-refractivity contribution in [1.29, 1.82) is 0 Å². The number of carbonyl (C=O) groups excluding carboxylic acids is 1. The van der Waals surface area contributed by atoms with Gasteiger partial charge in [0.15, 0.2) is 6.10 Å². The van der Waals surface area contributed by atoms with Gasteiger partial charge in [-0.05, 0) is 31.0 Å². The number of hydrogen-bond donors (Lipinski definition) is 1. The van der Waals surface area contributed by atoms with Gasteiger partial charge in [0.25, 0.3) is 5.91 Å². The van der Waals surface area contributed by atoms with Crippen LogP contribution in [0.5, 0.6) is 0 Å². The fourth-order valence-corrected chi connectivity index (χ4v) is 3.40. The number of halogens is 1. The van der Waals surface area contributed by atoms with E-state index in [-0.39, 0.29) is 17.8 Å². The number of aromatic nitrogens is 2. The molecule has 1 N–H and O–H groups in total. The third kappa shape index (κ3) is 3.61. The van der Waals surface area contributed by atoms with Gasteiger partial charge in [-0.3, -0.25) is 4.79 Å². The molecule has 1 aromatic carbocycles. The van der Waals surface area contributed by atoms with Crippen LogP contribution in [0.25, 0.3) is 10.9 Å². The van der Waals surface area contributed by atoms with E-state index in [1.165, 1.54) is 18.5 Å². The van der Waals surface area contributed by atoms with E-state index in [1.807, 2.05) is 4.90 Å². The van der Waals surface area contributed by atoms with Gasteiger partial charge in [-0.25, -0.2) is 14.4 Å². The van der Waals surface area contributed by atoms with Crippen molar-refractivity contribution in [3.05, 3.63) is 30.3 Å². The number of benzene rings is 1. The van der Waals surface area contributed by atoms with Crippen molar-refractivity contribution in [3.63, 3.8) is 0 Å². The molecule has 3 heterocycles. The van der Waals surface area contributed by atoms with E-state index in [2.05, 4.69) is 15.3 Å². The van der Waals surface area contributed by atoms with Gasteiger partial charge in [-0.15, -0.1) is 0 Å². The zero-order valence-electron chi connectivity index (χ0n) is 14.4. The van der Waals surface area contributed by atoms with Gasteiger partial charge in [-0.1, -0.05) is 0 Å². The summed E-state index contributed by atoms with van der Waals surface area (Å²) >= 11 is 0. The van der Waals surface area contributed by atoms with Crippen LogP contribution in [0, 0.1) is 5.82 Å². The number of anilines is 1. The highest BCUT2D eigenvalue weighted by molar-refractivity contribution is 5.90. The number of morpholine rings is 1. The highest BCUT2D eigenvalue weighted by atomic mass is 19.1. The lowest BCUT2D eigenvalue weighted by molar-refractivity contribution is -0.134. The van der Waals surface area contributed by atoms with E-state index in [0.29, 0.717) is 49.6 Å². The third-order valence-electron chi connectivity index (χ3n) is 4.80. The summed E-state index contributed by atoms with van der Waals surface area (Å²) in [5, 5.41) is 3.68. The summed E-state index contributed by atoms with van der Waals surface area (Å²) in [5.74, 6) is 0.170. The number of carbonyl (C=O) groups is 1.